The number of para-hydroxylation sites is 1. The number of hydrogen-bond donors (Lipinski definition) is 1. The van der Waals surface area contributed by atoms with Crippen molar-refractivity contribution in [3.8, 4) is 5.75 Å². The van der Waals surface area contributed by atoms with Gasteiger partial charge in [-0.25, -0.2) is 0 Å². The summed E-state index contributed by atoms with van der Waals surface area (Å²) in [5.41, 5.74) is -0.0408. The third-order valence-electron chi connectivity index (χ3n) is 7.87. The SMILES string of the molecule is OC(COC(Oc1ccccc1)[C@H]1C2CCN(CC2)[C@@H]1Br)(c1ccccc1)C1CCCC1. The Bertz CT molecular complexity index is 850. The van der Waals surface area contributed by atoms with Crippen LogP contribution in [0.4, 0.5) is 0 Å². The van der Waals surface area contributed by atoms with Crippen molar-refractivity contribution in [2.24, 2.45) is 17.8 Å². The van der Waals surface area contributed by atoms with Crippen LogP contribution < -0.4 is 4.74 Å². The molecule has 0 amide bonds. The molecule has 3 heterocycles. The summed E-state index contributed by atoms with van der Waals surface area (Å²) in [6.45, 7) is 2.51. The van der Waals surface area contributed by atoms with Crippen molar-refractivity contribution in [2.45, 2.75) is 55.4 Å². The predicted molar refractivity (Wildman–Crippen MR) is 130 cm³/mol. The monoisotopic (exact) mass is 499 g/mol. The summed E-state index contributed by atoms with van der Waals surface area (Å²) >= 11 is 3.96. The first kappa shape index (κ1) is 22.4. The van der Waals surface area contributed by atoms with Crippen LogP contribution in [-0.4, -0.2) is 40.9 Å². The van der Waals surface area contributed by atoms with E-state index in [1.807, 2.05) is 60.7 Å². The third-order valence-corrected chi connectivity index (χ3v) is 9.06. The maximum atomic E-state index is 12.0. The van der Waals surface area contributed by atoms with Crippen molar-refractivity contribution in [3.63, 3.8) is 0 Å². The first-order valence-corrected chi connectivity index (χ1v) is 13.1. The number of fused-ring (bicyclic) bond motifs is 3. The average Bonchev–Trinajstić information content (AvgIpc) is 3.40. The highest BCUT2D eigenvalue weighted by atomic mass is 79.9. The van der Waals surface area contributed by atoms with Crippen LogP contribution in [0.15, 0.2) is 60.7 Å². The van der Waals surface area contributed by atoms with Crippen molar-refractivity contribution in [3.05, 3.63) is 66.2 Å². The zero-order chi connectivity index (χ0) is 22.0. The molecule has 2 bridgehead atoms. The summed E-state index contributed by atoms with van der Waals surface area (Å²) in [6.07, 6.45) is 6.37. The third kappa shape index (κ3) is 4.50. The van der Waals surface area contributed by atoms with Crippen LogP contribution in [0.25, 0.3) is 0 Å². The molecule has 4 atom stereocenters. The molecule has 1 aliphatic carbocycles. The van der Waals surface area contributed by atoms with E-state index in [0.29, 0.717) is 5.92 Å². The number of piperidine rings is 3. The molecule has 4 nitrogen and oxygen atoms in total. The van der Waals surface area contributed by atoms with Gasteiger partial charge in [-0.05, 0) is 68.3 Å². The summed E-state index contributed by atoms with van der Waals surface area (Å²) in [6, 6.07) is 20.1. The smallest absolute Gasteiger partial charge is 0.205 e. The van der Waals surface area contributed by atoms with Gasteiger partial charge in [0.25, 0.3) is 0 Å². The normalized spacial score (nSPS) is 30.7. The van der Waals surface area contributed by atoms with E-state index in [0.717, 1.165) is 37.2 Å². The minimum absolute atomic E-state index is 0.216. The lowest BCUT2D eigenvalue weighted by Crippen LogP contribution is -2.57. The lowest BCUT2D eigenvalue weighted by atomic mass is 9.78. The molecule has 0 radical (unpaired) electrons. The van der Waals surface area contributed by atoms with Crippen LogP contribution in [-0.2, 0) is 10.3 Å². The van der Waals surface area contributed by atoms with Crippen molar-refractivity contribution in [1.29, 1.82) is 0 Å². The molecule has 0 aromatic heterocycles. The Kier molecular flexibility index (Phi) is 6.89. The van der Waals surface area contributed by atoms with Crippen molar-refractivity contribution in [2.75, 3.05) is 19.7 Å². The van der Waals surface area contributed by atoms with E-state index in [1.54, 1.807) is 0 Å². The van der Waals surface area contributed by atoms with Gasteiger partial charge in [0.1, 0.15) is 11.4 Å². The molecular formula is C27H34BrNO3. The molecule has 6 rings (SSSR count). The molecule has 2 aromatic rings. The fourth-order valence-corrected chi connectivity index (χ4v) is 7.09. The van der Waals surface area contributed by atoms with Gasteiger partial charge in [0.15, 0.2) is 0 Å². The Labute approximate surface area is 200 Å². The average molecular weight is 500 g/mol. The molecule has 32 heavy (non-hydrogen) atoms. The Morgan fingerprint density at radius 1 is 0.938 bits per heavy atom. The Morgan fingerprint density at radius 3 is 2.19 bits per heavy atom. The highest BCUT2D eigenvalue weighted by Crippen LogP contribution is 2.45. The lowest BCUT2D eigenvalue weighted by molar-refractivity contribution is -0.199. The molecule has 3 saturated heterocycles. The van der Waals surface area contributed by atoms with Crippen molar-refractivity contribution in [1.82, 2.24) is 4.90 Å². The molecule has 172 valence electrons. The van der Waals surface area contributed by atoms with Crippen molar-refractivity contribution < 1.29 is 14.6 Å². The van der Waals surface area contributed by atoms with Gasteiger partial charge in [-0.1, -0.05) is 77.3 Å². The molecule has 5 heteroatoms. The van der Waals surface area contributed by atoms with Gasteiger partial charge < -0.3 is 14.6 Å². The van der Waals surface area contributed by atoms with Crippen LogP contribution in [0.5, 0.6) is 5.75 Å². The number of rotatable bonds is 8. The lowest BCUT2D eigenvalue weighted by Gasteiger charge is -2.51. The van der Waals surface area contributed by atoms with E-state index in [4.69, 9.17) is 9.47 Å². The highest BCUT2D eigenvalue weighted by Gasteiger charge is 2.48. The molecular weight excluding hydrogens is 466 g/mol. The van der Waals surface area contributed by atoms with Crippen LogP contribution >= 0.6 is 15.9 Å². The first-order chi connectivity index (χ1) is 15.6. The molecule has 2 aromatic carbocycles. The molecule has 1 N–H and O–H groups in total. The number of hydrogen-bond acceptors (Lipinski definition) is 4. The van der Waals surface area contributed by atoms with Gasteiger partial charge in [0, 0.05) is 5.92 Å². The minimum atomic E-state index is -0.994. The summed E-state index contributed by atoms with van der Waals surface area (Å²) in [5.74, 6) is 1.82. The van der Waals surface area contributed by atoms with E-state index in [1.165, 1.54) is 25.7 Å². The van der Waals surface area contributed by atoms with E-state index in [9.17, 15) is 5.11 Å². The van der Waals surface area contributed by atoms with E-state index < -0.39 is 11.9 Å². The highest BCUT2D eigenvalue weighted by molar-refractivity contribution is 9.09. The number of benzene rings is 2. The van der Waals surface area contributed by atoms with Crippen LogP contribution in [0.2, 0.25) is 0 Å². The topological polar surface area (TPSA) is 41.9 Å². The maximum Gasteiger partial charge on any atom is 0.205 e. The summed E-state index contributed by atoms with van der Waals surface area (Å²) in [5, 5.41) is 12.0. The number of ether oxygens (including phenoxy) is 2. The number of nitrogens with zero attached hydrogens (tertiary/aromatic N) is 1. The standard InChI is InChI=1S/C27H34BrNO3/c28-25-24(20-15-17-29(25)18-16-20)26(32-23-13-5-2-6-14-23)31-19-27(30,22-11-7-8-12-22)21-9-3-1-4-10-21/h1-6,9-10,13-14,20,22,24-26,30H,7-8,11-12,15-19H2/t24-,25-,26?,27?/m0/s1. The van der Waals surface area contributed by atoms with Crippen molar-refractivity contribution >= 4 is 15.9 Å². The molecule has 1 saturated carbocycles. The molecule has 4 aliphatic rings. The summed E-state index contributed by atoms with van der Waals surface area (Å²) in [4.78, 5) is 2.73. The van der Waals surface area contributed by atoms with Gasteiger partial charge in [-0.3, -0.25) is 4.90 Å². The van der Waals surface area contributed by atoms with E-state index >= 15 is 0 Å². The summed E-state index contributed by atoms with van der Waals surface area (Å²) in [7, 11) is 0. The van der Waals surface area contributed by atoms with Gasteiger partial charge in [-0.15, -0.1) is 0 Å². The zero-order valence-electron chi connectivity index (χ0n) is 18.6. The Hall–Kier alpha value is -1.40. The minimum Gasteiger partial charge on any atom is -0.465 e. The van der Waals surface area contributed by atoms with Gasteiger partial charge in [0.05, 0.1) is 11.6 Å². The summed E-state index contributed by atoms with van der Waals surface area (Å²) < 4.78 is 13.1. The van der Waals surface area contributed by atoms with E-state index in [-0.39, 0.29) is 23.4 Å². The fraction of sp³-hybridized carbons (Fsp3) is 0.556. The van der Waals surface area contributed by atoms with Crippen LogP contribution in [0, 0.1) is 17.8 Å². The number of alkyl halides is 1. The maximum absolute atomic E-state index is 12.0. The predicted octanol–water partition coefficient (Wildman–Crippen LogP) is 5.55. The number of aliphatic hydroxyl groups is 1. The van der Waals surface area contributed by atoms with Gasteiger partial charge >= 0.3 is 0 Å². The Morgan fingerprint density at radius 2 is 1.56 bits per heavy atom. The largest absolute Gasteiger partial charge is 0.465 e. The van der Waals surface area contributed by atoms with Gasteiger partial charge in [-0.2, -0.15) is 0 Å². The quantitative estimate of drug-likeness (QED) is 0.293. The van der Waals surface area contributed by atoms with E-state index in [2.05, 4.69) is 20.8 Å². The second kappa shape index (κ2) is 9.84. The van der Waals surface area contributed by atoms with Crippen LogP contribution in [0.3, 0.4) is 0 Å². The Balaban J connectivity index is 1.41. The molecule has 4 fully saturated rings. The molecule has 3 aliphatic heterocycles. The molecule has 2 unspecified atom stereocenters. The second-order valence-corrected chi connectivity index (χ2v) is 10.6. The van der Waals surface area contributed by atoms with Gasteiger partial charge in [0.2, 0.25) is 6.29 Å². The zero-order valence-corrected chi connectivity index (χ0v) is 20.2. The second-order valence-electron chi connectivity index (χ2n) is 9.71. The fourth-order valence-electron chi connectivity index (χ4n) is 6.00. The first-order valence-electron chi connectivity index (χ1n) is 12.1. The van der Waals surface area contributed by atoms with Crippen LogP contribution in [0.1, 0.15) is 44.1 Å². The number of halogens is 1. The molecule has 0 spiro atoms.